The molecule has 0 saturated carbocycles. The second-order valence-corrected chi connectivity index (χ2v) is 5.62. The highest BCUT2D eigenvalue weighted by Crippen LogP contribution is 2.11. The normalized spacial score (nSPS) is 20.4. The van der Waals surface area contributed by atoms with E-state index in [1.165, 1.54) is 44.0 Å². The predicted molar refractivity (Wildman–Crippen MR) is 68.5 cm³/mol. The van der Waals surface area contributed by atoms with Gasteiger partial charge in [-0.2, -0.15) is 11.8 Å². The highest BCUT2D eigenvalue weighted by Gasteiger charge is 2.09. The number of hydrogen-bond acceptors (Lipinski definition) is 3. The molecule has 1 saturated heterocycles. The SMILES string of the molecule is CCCC(O)CCCCN1CCSCC1. The molecule has 1 fully saturated rings. The summed E-state index contributed by atoms with van der Waals surface area (Å²) in [6, 6.07) is 0. The molecular weight excluding hydrogens is 206 g/mol. The van der Waals surface area contributed by atoms with E-state index in [0.29, 0.717) is 0 Å². The first kappa shape index (κ1) is 13.3. The molecule has 1 aliphatic rings. The molecule has 0 amide bonds. The third-order valence-electron chi connectivity index (χ3n) is 2.99. The van der Waals surface area contributed by atoms with Gasteiger partial charge < -0.3 is 10.0 Å². The molecule has 0 aromatic rings. The molecule has 1 aliphatic heterocycles. The Labute approximate surface area is 98.4 Å². The molecule has 0 bridgehead atoms. The number of thioether (sulfide) groups is 1. The third-order valence-corrected chi connectivity index (χ3v) is 3.93. The molecule has 0 radical (unpaired) electrons. The van der Waals surface area contributed by atoms with Crippen molar-refractivity contribution in [3.05, 3.63) is 0 Å². The van der Waals surface area contributed by atoms with Crippen molar-refractivity contribution in [1.82, 2.24) is 4.90 Å². The average molecular weight is 231 g/mol. The van der Waals surface area contributed by atoms with Crippen molar-refractivity contribution in [3.8, 4) is 0 Å². The molecule has 0 aliphatic carbocycles. The molecule has 15 heavy (non-hydrogen) atoms. The van der Waals surface area contributed by atoms with Gasteiger partial charge in [-0.05, 0) is 32.2 Å². The number of nitrogens with zero attached hydrogens (tertiary/aromatic N) is 1. The van der Waals surface area contributed by atoms with Gasteiger partial charge in [0, 0.05) is 24.6 Å². The van der Waals surface area contributed by atoms with Gasteiger partial charge in [0.15, 0.2) is 0 Å². The van der Waals surface area contributed by atoms with E-state index in [1.54, 1.807) is 0 Å². The van der Waals surface area contributed by atoms with E-state index in [2.05, 4.69) is 23.6 Å². The highest BCUT2D eigenvalue weighted by molar-refractivity contribution is 7.99. The van der Waals surface area contributed by atoms with Gasteiger partial charge in [-0.3, -0.25) is 0 Å². The van der Waals surface area contributed by atoms with Crippen LogP contribution < -0.4 is 0 Å². The van der Waals surface area contributed by atoms with Gasteiger partial charge in [0.2, 0.25) is 0 Å². The zero-order chi connectivity index (χ0) is 10.9. The van der Waals surface area contributed by atoms with Crippen molar-refractivity contribution >= 4 is 11.8 Å². The van der Waals surface area contributed by atoms with Crippen molar-refractivity contribution in [1.29, 1.82) is 0 Å². The van der Waals surface area contributed by atoms with Crippen molar-refractivity contribution in [2.45, 2.75) is 45.1 Å². The molecule has 0 aromatic carbocycles. The van der Waals surface area contributed by atoms with Crippen molar-refractivity contribution in [3.63, 3.8) is 0 Å². The smallest absolute Gasteiger partial charge is 0.0540 e. The van der Waals surface area contributed by atoms with E-state index in [4.69, 9.17) is 0 Å². The summed E-state index contributed by atoms with van der Waals surface area (Å²) in [5.41, 5.74) is 0. The Morgan fingerprint density at radius 1 is 1.20 bits per heavy atom. The first-order valence-electron chi connectivity index (χ1n) is 6.31. The van der Waals surface area contributed by atoms with Crippen LogP contribution >= 0.6 is 11.8 Å². The number of aliphatic hydroxyl groups is 1. The highest BCUT2D eigenvalue weighted by atomic mass is 32.2. The quantitative estimate of drug-likeness (QED) is 0.681. The van der Waals surface area contributed by atoms with Crippen LogP contribution in [0.5, 0.6) is 0 Å². The van der Waals surface area contributed by atoms with Crippen LogP contribution in [0, 0.1) is 0 Å². The second kappa shape index (κ2) is 8.43. The minimum Gasteiger partial charge on any atom is -0.393 e. The minimum atomic E-state index is -0.0492. The Kier molecular flexibility index (Phi) is 7.49. The van der Waals surface area contributed by atoms with E-state index >= 15 is 0 Å². The van der Waals surface area contributed by atoms with E-state index in [1.807, 2.05) is 0 Å². The molecule has 2 nitrogen and oxygen atoms in total. The van der Waals surface area contributed by atoms with Crippen LogP contribution in [0.4, 0.5) is 0 Å². The van der Waals surface area contributed by atoms with Crippen LogP contribution in [0.2, 0.25) is 0 Å². The Balaban J connectivity index is 1.91. The van der Waals surface area contributed by atoms with Gasteiger partial charge >= 0.3 is 0 Å². The van der Waals surface area contributed by atoms with Crippen LogP contribution in [-0.2, 0) is 0 Å². The van der Waals surface area contributed by atoms with Gasteiger partial charge in [0.1, 0.15) is 0 Å². The van der Waals surface area contributed by atoms with Crippen LogP contribution in [0.15, 0.2) is 0 Å². The fraction of sp³-hybridized carbons (Fsp3) is 1.00. The van der Waals surface area contributed by atoms with Gasteiger partial charge in [-0.15, -0.1) is 0 Å². The standard InChI is InChI=1S/C12H25NOS/c1-2-5-12(14)6-3-4-7-13-8-10-15-11-9-13/h12,14H,2-11H2,1H3. The van der Waals surface area contributed by atoms with Crippen LogP contribution in [0.3, 0.4) is 0 Å². The van der Waals surface area contributed by atoms with E-state index in [9.17, 15) is 5.11 Å². The second-order valence-electron chi connectivity index (χ2n) is 4.39. The summed E-state index contributed by atoms with van der Waals surface area (Å²) < 4.78 is 0. The molecule has 1 rings (SSSR count). The maximum Gasteiger partial charge on any atom is 0.0540 e. The first-order chi connectivity index (χ1) is 7.33. The molecule has 0 spiro atoms. The third kappa shape index (κ3) is 6.44. The van der Waals surface area contributed by atoms with Gasteiger partial charge in [0.05, 0.1) is 6.10 Å². The first-order valence-corrected chi connectivity index (χ1v) is 7.46. The maximum atomic E-state index is 9.57. The molecule has 1 N–H and O–H groups in total. The monoisotopic (exact) mass is 231 g/mol. The van der Waals surface area contributed by atoms with Crippen LogP contribution in [0.1, 0.15) is 39.0 Å². The summed E-state index contributed by atoms with van der Waals surface area (Å²) in [6.45, 7) is 5.90. The van der Waals surface area contributed by atoms with Gasteiger partial charge in [-0.25, -0.2) is 0 Å². The summed E-state index contributed by atoms with van der Waals surface area (Å²) >= 11 is 2.07. The molecule has 1 unspecified atom stereocenters. The Hall–Kier alpha value is 0.270. The molecule has 1 atom stereocenters. The summed E-state index contributed by atoms with van der Waals surface area (Å²) in [5, 5.41) is 9.57. The lowest BCUT2D eigenvalue weighted by atomic mass is 10.1. The Bertz CT molecular complexity index is 149. The van der Waals surface area contributed by atoms with Gasteiger partial charge in [-0.1, -0.05) is 13.3 Å². The van der Waals surface area contributed by atoms with Crippen molar-refractivity contribution in [2.24, 2.45) is 0 Å². The largest absolute Gasteiger partial charge is 0.393 e. The number of aliphatic hydroxyl groups excluding tert-OH is 1. The number of unbranched alkanes of at least 4 members (excludes halogenated alkanes) is 1. The fourth-order valence-electron chi connectivity index (χ4n) is 2.02. The zero-order valence-corrected chi connectivity index (χ0v) is 10.8. The van der Waals surface area contributed by atoms with Crippen LogP contribution in [0.25, 0.3) is 0 Å². The summed E-state index contributed by atoms with van der Waals surface area (Å²) in [4.78, 5) is 2.56. The predicted octanol–water partition coefficient (Wildman–Crippen LogP) is 2.37. The Morgan fingerprint density at radius 2 is 1.93 bits per heavy atom. The number of hydrogen-bond donors (Lipinski definition) is 1. The number of rotatable bonds is 7. The maximum absolute atomic E-state index is 9.57. The molecule has 90 valence electrons. The minimum absolute atomic E-state index is 0.0492. The lowest BCUT2D eigenvalue weighted by molar-refractivity contribution is 0.148. The molecule has 3 heteroatoms. The Morgan fingerprint density at radius 3 is 2.60 bits per heavy atom. The molecule has 0 aromatic heterocycles. The molecule has 1 heterocycles. The van der Waals surface area contributed by atoms with E-state index in [-0.39, 0.29) is 6.10 Å². The van der Waals surface area contributed by atoms with E-state index in [0.717, 1.165) is 19.3 Å². The van der Waals surface area contributed by atoms with Crippen LogP contribution in [-0.4, -0.2) is 47.3 Å². The molecular formula is C12H25NOS. The fourth-order valence-corrected chi connectivity index (χ4v) is 3.00. The lowest BCUT2D eigenvalue weighted by Gasteiger charge is -2.26. The summed E-state index contributed by atoms with van der Waals surface area (Å²) in [7, 11) is 0. The van der Waals surface area contributed by atoms with Gasteiger partial charge in [0.25, 0.3) is 0 Å². The zero-order valence-electron chi connectivity index (χ0n) is 9.95. The van der Waals surface area contributed by atoms with E-state index < -0.39 is 0 Å². The average Bonchev–Trinajstić information content (AvgIpc) is 2.26. The summed E-state index contributed by atoms with van der Waals surface area (Å²) in [5.74, 6) is 2.61. The lowest BCUT2D eigenvalue weighted by Crippen LogP contribution is -2.33. The van der Waals surface area contributed by atoms with Crippen molar-refractivity contribution in [2.75, 3.05) is 31.1 Å². The van der Waals surface area contributed by atoms with Crippen molar-refractivity contribution < 1.29 is 5.11 Å². The summed E-state index contributed by atoms with van der Waals surface area (Å²) in [6.07, 6.45) is 5.46. The topological polar surface area (TPSA) is 23.5 Å².